The number of hydrogen-bond acceptors (Lipinski definition) is 9. The van der Waals surface area contributed by atoms with Crippen LogP contribution in [0.3, 0.4) is 0 Å². The number of likely N-dealkylation sites (tertiary alicyclic amines) is 2. The van der Waals surface area contributed by atoms with Crippen LogP contribution in [0.2, 0.25) is 0 Å². The number of anilines is 1. The molecule has 0 bridgehead atoms. The van der Waals surface area contributed by atoms with Gasteiger partial charge in [-0.05, 0) is 37.6 Å². The van der Waals surface area contributed by atoms with Crippen LogP contribution >= 0.6 is 11.3 Å². The molecule has 0 spiro atoms. The number of alkyl halides is 3. The fourth-order valence-corrected chi connectivity index (χ4v) is 7.38. The molecule has 5 rings (SSSR count). The Kier molecular flexibility index (Phi) is 8.64. The van der Waals surface area contributed by atoms with E-state index in [2.05, 4.69) is 9.62 Å². The predicted octanol–water partition coefficient (Wildman–Crippen LogP) is 5.21. The maximum Gasteiger partial charge on any atom is 0.419 e. The summed E-state index contributed by atoms with van der Waals surface area (Å²) in [5.74, 6) is -0.495. The summed E-state index contributed by atoms with van der Waals surface area (Å²) in [6, 6.07) is 13.4. The number of nitro groups is 1. The molecule has 0 amide bonds. The summed E-state index contributed by atoms with van der Waals surface area (Å²) in [6.45, 7) is 3.00. The lowest BCUT2D eigenvalue weighted by molar-refractivity contribution is -0.385. The molecular formula is C27H29F3N4O6S2. The third kappa shape index (κ3) is 7.14. The van der Waals surface area contributed by atoms with Gasteiger partial charge in [-0.1, -0.05) is 41.7 Å². The molecule has 15 heteroatoms. The second-order valence-electron chi connectivity index (χ2n) is 10.3. The fourth-order valence-electron chi connectivity index (χ4n) is 5.01. The van der Waals surface area contributed by atoms with Gasteiger partial charge in [-0.25, -0.2) is 8.42 Å². The first-order valence-corrected chi connectivity index (χ1v) is 15.5. The average Bonchev–Trinajstić information content (AvgIpc) is 3.65. The standard InChI is InChI=1S/C27H29F3N4O6S2/c1-32-11-9-20(16-32)39-24-13-19(7-8-22(24)27(28,29)30)31-42(37,38)25-14-23(34(35)36)26(41-25)40-21-10-12-33(17-21)15-18-5-3-2-4-6-18/h2-8,13-14,20-21,31H,9-12,15-17H2,1H3/t20-,21?/m1/s1. The van der Waals surface area contributed by atoms with E-state index in [1.54, 1.807) is 0 Å². The van der Waals surface area contributed by atoms with Crippen LogP contribution in [0.4, 0.5) is 24.5 Å². The lowest BCUT2D eigenvalue weighted by Crippen LogP contribution is -2.24. The number of hydrogen-bond donors (Lipinski definition) is 1. The highest BCUT2D eigenvalue weighted by Gasteiger charge is 2.36. The zero-order chi connectivity index (χ0) is 30.1. The van der Waals surface area contributed by atoms with E-state index < -0.39 is 48.4 Å². The Balaban J connectivity index is 1.32. The summed E-state index contributed by atoms with van der Waals surface area (Å²) >= 11 is 0.594. The van der Waals surface area contributed by atoms with Crippen molar-refractivity contribution >= 4 is 32.7 Å². The highest BCUT2D eigenvalue weighted by molar-refractivity contribution is 7.94. The van der Waals surface area contributed by atoms with E-state index in [4.69, 9.17) is 9.47 Å². The first-order chi connectivity index (χ1) is 19.9. The van der Waals surface area contributed by atoms with Gasteiger partial charge in [0.05, 0.1) is 22.2 Å². The highest BCUT2D eigenvalue weighted by Crippen LogP contribution is 2.42. The van der Waals surface area contributed by atoms with Crippen LogP contribution in [-0.2, 0) is 22.7 Å². The van der Waals surface area contributed by atoms with Gasteiger partial charge in [0.15, 0.2) is 4.21 Å². The van der Waals surface area contributed by atoms with Crippen molar-refractivity contribution in [2.45, 2.75) is 42.0 Å². The third-order valence-electron chi connectivity index (χ3n) is 7.05. The second kappa shape index (κ2) is 12.1. The van der Waals surface area contributed by atoms with Crippen molar-refractivity contribution in [3.8, 4) is 10.8 Å². The van der Waals surface area contributed by atoms with Crippen LogP contribution in [0.1, 0.15) is 24.0 Å². The molecule has 3 aromatic rings. The van der Waals surface area contributed by atoms with Crippen LogP contribution in [0.25, 0.3) is 0 Å². The Morgan fingerprint density at radius 2 is 1.76 bits per heavy atom. The van der Waals surface area contributed by atoms with E-state index >= 15 is 0 Å². The van der Waals surface area contributed by atoms with Crippen LogP contribution in [-0.4, -0.2) is 68.6 Å². The van der Waals surface area contributed by atoms with Crippen LogP contribution < -0.4 is 14.2 Å². The molecule has 42 heavy (non-hydrogen) atoms. The molecule has 2 aromatic carbocycles. The lowest BCUT2D eigenvalue weighted by Gasteiger charge is -2.19. The van der Waals surface area contributed by atoms with Crippen LogP contribution in [0, 0.1) is 10.1 Å². The first kappa shape index (κ1) is 30.1. The Morgan fingerprint density at radius 3 is 2.43 bits per heavy atom. The van der Waals surface area contributed by atoms with Crippen molar-refractivity contribution in [1.82, 2.24) is 9.80 Å². The van der Waals surface area contributed by atoms with Crippen molar-refractivity contribution in [3.63, 3.8) is 0 Å². The first-order valence-electron chi connectivity index (χ1n) is 13.2. The molecular weight excluding hydrogens is 597 g/mol. The number of nitrogens with one attached hydrogen (secondary N) is 1. The molecule has 2 saturated heterocycles. The molecule has 10 nitrogen and oxygen atoms in total. The molecule has 3 heterocycles. The van der Waals surface area contributed by atoms with Gasteiger partial charge in [0, 0.05) is 38.8 Å². The van der Waals surface area contributed by atoms with Crippen molar-refractivity contribution in [3.05, 3.63) is 75.8 Å². The van der Waals surface area contributed by atoms with Crippen molar-refractivity contribution in [2.24, 2.45) is 0 Å². The lowest BCUT2D eigenvalue weighted by atomic mass is 10.1. The van der Waals surface area contributed by atoms with E-state index in [1.807, 2.05) is 42.3 Å². The van der Waals surface area contributed by atoms with Crippen LogP contribution in [0.15, 0.2) is 58.8 Å². The van der Waals surface area contributed by atoms with Crippen LogP contribution in [0.5, 0.6) is 10.8 Å². The molecule has 2 aliphatic rings. The normalized spacial score (nSPS) is 20.1. The zero-order valence-corrected chi connectivity index (χ0v) is 24.2. The fraction of sp³-hybridized carbons (Fsp3) is 0.407. The van der Waals surface area contributed by atoms with E-state index in [1.165, 1.54) is 0 Å². The zero-order valence-electron chi connectivity index (χ0n) is 22.5. The molecule has 2 aliphatic heterocycles. The van der Waals surface area contributed by atoms with Gasteiger partial charge >= 0.3 is 11.9 Å². The summed E-state index contributed by atoms with van der Waals surface area (Å²) in [6.07, 6.45) is -4.45. The summed E-state index contributed by atoms with van der Waals surface area (Å²) in [5, 5.41) is 11.6. The number of likely N-dealkylation sites (N-methyl/N-ethyl adjacent to an activating group) is 1. The summed E-state index contributed by atoms with van der Waals surface area (Å²) in [4.78, 5) is 15.1. The van der Waals surface area contributed by atoms with Gasteiger partial charge in [0.1, 0.15) is 18.0 Å². The maximum atomic E-state index is 13.6. The molecule has 0 aliphatic carbocycles. The predicted molar refractivity (Wildman–Crippen MR) is 151 cm³/mol. The minimum atomic E-state index is -4.71. The Bertz CT molecular complexity index is 1530. The maximum absolute atomic E-state index is 13.6. The van der Waals surface area contributed by atoms with Crippen molar-refractivity contribution < 1.29 is 36.0 Å². The average molecular weight is 627 g/mol. The largest absolute Gasteiger partial charge is 0.488 e. The monoisotopic (exact) mass is 626 g/mol. The third-order valence-corrected chi connectivity index (χ3v) is 9.92. The molecule has 1 N–H and O–H groups in total. The Labute approximate surface area is 244 Å². The van der Waals surface area contributed by atoms with Crippen molar-refractivity contribution in [1.29, 1.82) is 0 Å². The number of halogens is 3. The van der Waals surface area contributed by atoms with Gasteiger partial charge in [-0.2, -0.15) is 13.2 Å². The van der Waals surface area contributed by atoms with Gasteiger partial charge in [-0.3, -0.25) is 19.7 Å². The van der Waals surface area contributed by atoms with E-state index in [-0.39, 0.29) is 16.9 Å². The highest BCUT2D eigenvalue weighted by atomic mass is 32.2. The number of thiophene rings is 1. The number of nitrogens with zero attached hydrogens (tertiary/aromatic N) is 3. The molecule has 226 valence electrons. The smallest absolute Gasteiger partial charge is 0.419 e. The van der Waals surface area contributed by atoms with Gasteiger partial charge in [0.25, 0.3) is 15.1 Å². The Hall–Kier alpha value is -3.40. The molecule has 0 saturated carbocycles. The minimum absolute atomic E-state index is 0.145. The van der Waals surface area contributed by atoms with E-state index in [9.17, 15) is 31.7 Å². The van der Waals surface area contributed by atoms with Gasteiger partial charge < -0.3 is 14.4 Å². The summed E-state index contributed by atoms with van der Waals surface area (Å²) in [5.41, 5.74) is -0.577. The minimum Gasteiger partial charge on any atom is -0.488 e. The van der Waals surface area contributed by atoms with Gasteiger partial charge in [0.2, 0.25) is 0 Å². The number of rotatable bonds is 10. The molecule has 1 aromatic heterocycles. The number of ether oxygens (including phenoxy) is 2. The van der Waals surface area contributed by atoms with Gasteiger partial charge in [-0.15, -0.1) is 0 Å². The quantitative estimate of drug-likeness (QED) is 0.241. The molecule has 0 radical (unpaired) electrons. The van der Waals surface area contributed by atoms with E-state index in [0.717, 1.165) is 29.8 Å². The number of benzene rings is 2. The SMILES string of the molecule is CN1CC[C@@H](Oc2cc(NS(=O)(=O)c3cc([N+](=O)[O-])c(OC4CCN(Cc5ccccc5)C4)s3)ccc2C(F)(F)F)C1. The van der Waals surface area contributed by atoms with Crippen molar-refractivity contribution in [2.75, 3.05) is 37.9 Å². The summed E-state index contributed by atoms with van der Waals surface area (Å²) < 4.78 is 80.7. The molecule has 1 unspecified atom stereocenters. The molecule has 2 atom stereocenters. The second-order valence-corrected chi connectivity index (χ2v) is 13.3. The topological polar surface area (TPSA) is 114 Å². The Morgan fingerprint density at radius 1 is 1.05 bits per heavy atom. The molecule has 2 fully saturated rings. The number of sulfonamides is 1. The summed E-state index contributed by atoms with van der Waals surface area (Å²) in [7, 11) is -2.58. The van der Waals surface area contributed by atoms with E-state index in [0.29, 0.717) is 56.9 Å².